The highest BCUT2D eigenvalue weighted by Gasteiger charge is 2.59. The summed E-state index contributed by atoms with van der Waals surface area (Å²) in [5, 5.41) is 15.5. The van der Waals surface area contributed by atoms with Gasteiger partial charge >= 0.3 is 18.3 Å². The fourth-order valence-corrected chi connectivity index (χ4v) is 5.59. The van der Waals surface area contributed by atoms with E-state index >= 15 is 0 Å². The van der Waals surface area contributed by atoms with Gasteiger partial charge in [-0.25, -0.2) is 18.9 Å². The number of nitrogens with one attached hydrogen (secondary N) is 2. The van der Waals surface area contributed by atoms with E-state index in [1.54, 1.807) is 0 Å². The summed E-state index contributed by atoms with van der Waals surface area (Å²) in [7, 11) is 1.41. The summed E-state index contributed by atoms with van der Waals surface area (Å²) in [6.45, 7) is -1.52. The maximum Gasteiger partial charge on any atom is 0.418 e. The Hall–Kier alpha value is -4.20. The van der Waals surface area contributed by atoms with Gasteiger partial charge in [0, 0.05) is 31.3 Å². The Balaban J connectivity index is 1.43. The van der Waals surface area contributed by atoms with Crippen molar-refractivity contribution in [3.8, 4) is 0 Å². The van der Waals surface area contributed by atoms with Gasteiger partial charge in [0.05, 0.1) is 6.10 Å². The molecule has 2 aromatic rings. The van der Waals surface area contributed by atoms with E-state index < -0.39 is 72.7 Å². The molecular weight excluding hydrogens is 564 g/mol. The molecule has 0 bridgehead atoms. The lowest BCUT2D eigenvalue weighted by molar-refractivity contribution is -0.196. The van der Waals surface area contributed by atoms with Crippen LogP contribution in [-0.4, -0.2) is 64.7 Å². The zero-order valence-corrected chi connectivity index (χ0v) is 22.4. The molecule has 1 saturated carbocycles. The van der Waals surface area contributed by atoms with Crippen LogP contribution in [0.3, 0.4) is 0 Å². The van der Waals surface area contributed by atoms with Gasteiger partial charge in [0.15, 0.2) is 0 Å². The van der Waals surface area contributed by atoms with Crippen molar-refractivity contribution < 1.29 is 46.6 Å². The van der Waals surface area contributed by atoms with Crippen molar-refractivity contribution in [1.29, 1.82) is 0 Å². The number of imide groups is 1. The number of fused-ring (bicyclic) bond motifs is 2. The first-order valence-corrected chi connectivity index (χ1v) is 13.3. The largest absolute Gasteiger partial charge is 0.427 e. The van der Waals surface area contributed by atoms with Gasteiger partial charge < -0.3 is 25.4 Å². The van der Waals surface area contributed by atoms with Crippen molar-refractivity contribution in [1.82, 2.24) is 15.1 Å². The second-order valence-electron chi connectivity index (χ2n) is 10.6. The van der Waals surface area contributed by atoms with Gasteiger partial charge in [-0.15, -0.1) is 0 Å². The number of rotatable bonds is 7. The first-order chi connectivity index (χ1) is 19.8. The molecule has 14 heteroatoms. The Morgan fingerprint density at radius 3 is 2.45 bits per heavy atom. The first-order valence-electron chi connectivity index (χ1n) is 13.3. The second kappa shape index (κ2) is 10.9. The quantitative estimate of drug-likeness (QED) is 0.418. The molecule has 3 atom stereocenters. The van der Waals surface area contributed by atoms with Crippen LogP contribution in [0.1, 0.15) is 48.5 Å². The molecular formula is C28H28F4N4O6. The molecule has 0 radical (unpaired) electrons. The van der Waals surface area contributed by atoms with Crippen LogP contribution in [0.25, 0.3) is 0 Å². The van der Waals surface area contributed by atoms with Crippen LogP contribution in [0.15, 0.2) is 42.5 Å². The van der Waals surface area contributed by atoms with Gasteiger partial charge in [-0.3, -0.25) is 9.59 Å². The van der Waals surface area contributed by atoms with Gasteiger partial charge in [0.25, 0.3) is 5.91 Å². The Labute approximate surface area is 237 Å². The minimum atomic E-state index is -4.79. The molecule has 1 spiro atoms. The lowest BCUT2D eigenvalue weighted by Gasteiger charge is -2.35. The number of carbonyl (C=O) groups excluding carboxylic acids is 4. The van der Waals surface area contributed by atoms with Crippen molar-refractivity contribution in [2.24, 2.45) is 5.92 Å². The lowest BCUT2D eigenvalue weighted by atomic mass is 9.77. The van der Waals surface area contributed by atoms with E-state index in [2.05, 4.69) is 10.6 Å². The summed E-state index contributed by atoms with van der Waals surface area (Å²) in [4.78, 5) is 53.0. The molecule has 1 aliphatic heterocycles. The molecule has 10 nitrogen and oxygen atoms in total. The number of aliphatic hydroxyl groups excluding tert-OH is 1. The van der Waals surface area contributed by atoms with Crippen LogP contribution in [0, 0.1) is 11.7 Å². The number of hydrogen-bond donors (Lipinski definition) is 3. The number of aliphatic hydroxyl groups is 1. The minimum Gasteiger partial charge on any atom is -0.427 e. The van der Waals surface area contributed by atoms with E-state index in [4.69, 9.17) is 4.74 Å². The highest BCUT2D eigenvalue weighted by molar-refractivity contribution is 6.06. The zero-order valence-electron chi connectivity index (χ0n) is 22.4. The van der Waals surface area contributed by atoms with Crippen molar-refractivity contribution in [3.63, 3.8) is 0 Å². The zero-order chi connectivity index (χ0) is 30.4. The van der Waals surface area contributed by atoms with Crippen LogP contribution < -0.4 is 10.6 Å². The SMILES string of the molecule is CNC(=O)Nc1ccc2c(c1)C(O)CCC21OC(=O)N(CC(=O)N(Cc2ccc(F)cc2)C(C2CC2)C(F)(F)F)C1=O. The van der Waals surface area contributed by atoms with Gasteiger partial charge in [0.1, 0.15) is 18.4 Å². The van der Waals surface area contributed by atoms with Gasteiger partial charge in [-0.1, -0.05) is 18.2 Å². The summed E-state index contributed by atoms with van der Waals surface area (Å²) < 4.78 is 61.5. The third kappa shape index (κ3) is 5.50. The third-order valence-electron chi connectivity index (χ3n) is 7.79. The molecule has 5 amide bonds. The minimum absolute atomic E-state index is 0.00818. The molecule has 224 valence electrons. The molecule has 3 N–H and O–H groups in total. The number of benzene rings is 2. The molecule has 3 aliphatic rings. The number of ether oxygens (including phenoxy) is 1. The van der Waals surface area contributed by atoms with Crippen LogP contribution in [-0.2, 0) is 26.5 Å². The summed E-state index contributed by atoms with van der Waals surface area (Å²) in [5.41, 5.74) is -1.01. The summed E-state index contributed by atoms with van der Waals surface area (Å²) in [6.07, 6.45) is -6.69. The molecule has 0 aromatic heterocycles. The molecule has 5 rings (SSSR count). The van der Waals surface area contributed by atoms with Gasteiger partial charge in [-0.2, -0.15) is 13.2 Å². The Bertz CT molecular complexity index is 1410. The van der Waals surface area contributed by atoms with Crippen LogP contribution >= 0.6 is 0 Å². The van der Waals surface area contributed by atoms with Gasteiger partial charge in [0.2, 0.25) is 11.5 Å². The number of halogens is 4. The molecule has 1 heterocycles. The number of urea groups is 1. The molecule has 2 aliphatic carbocycles. The predicted octanol–water partition coefficient (Wildman–Crippen LogP) is 3.95. The first kappa shape index (κ1) is 29.3. The Kier molecular flexibility index (Phi) is 7.60. The van der Waals surface area contributed by atoms with Crippen molar-refractivity contribution in [3.05, 3.63) is 65.0 Å². The molecule has 1 saturated heterocycles. The topological polar surface area (TPSA) is 128 Å². The number of hydrogen-bond acceptors (Lipinski definition) is 6. The Morgan fingerprint density at radius 2 is 1.83 bits per heavy atom. The van der Waals surface area contributed by atoms with E-state index in [1.807, 2.05) is 0 Å². The number of anilines is 1. The fourth-order valence-electron chi connectivity index (χ4n) is 5.59. The normalized spacial score (nSPS) is 22.4. The monoisotopic (exact) mass is 592 g/mol. The lowest BCUT2D eigenvalue weighted by Crippen LogP contribution is -2.53. The van der Waals surface area contributed by atoms with Crippen LogP contribution in [0.4, 0.5) is 32.8 Å². The van der Waals surface area contributed by atoms with Crippen molar-refractivity contribution >= 4 is 29.6 Å². The maximum atomic E-state index is 14.2. The molecule has 42 heavy (non-hydrogen) atoms. The Morgan fingerprint density at radius 1 is 1.14 bits per heavy atom. The van der Waals surface area contributed by atoms with Crippen LogP contribution in [0.2, 0.25) is 0 Å². The van der Waals surface area contributed by atoms with E-state index in [-0.39, 0.29) is 42.4 Å². The summed E-state index contributed by atoms with van der Waals surface area (Å²) >= 11 is 0. The number of nitrogens with zero attached hydrogens (tertiary/aromatic N) is 2. The predicted molar refractivity (Wildman–Crippen MR) is 138 cm³/mol. The van der Waals surface area contributed by atoms with E-state index in [1.165, 1.54) is 37.4 Å². The highest BCUT2D eigenvalue weighted by atomic mass is 19.4. The third-order valence-corrected chi connectivity index (χ3v) is 7.79. The highest BCUT2D eigenvalue weighted by Crippen LogP contribution is 2.48. The van der Waals surface area contributed by atoms with E-state index in [0.29, 0.717) is 15.5 Å². The van der Waals surface area contributed by atoms with Gasteiger partial charge in [-0.05, 0) is 60.6 Å². The number of amides is 5. The van der Waals surface area contributed by atoms with Crippen molar-refractivity contribution in [2.45, 2.75) is 56.2 Å². The average molecular weight is 593 g/mol. The van der Waals surface area contributed by atoms with Crippen LogP contribution in [0.5, 0.6) is 0 Å². The standard InChI is InChI=1S/C28H28F4N4O6/c1-33-25(40)34-18-8-9-20-19(12-18)21(37)10-11-27(20)24(39)36(26(41)42-27)14-22(38)35(13-15-2-6-17(29)7-3-15)23(16-4-5-16)28(30,31)32/h2-3,6-9,12,16,21,23,37H,4-5,10-11,13-14H2,1H3,(H2,33,34,40). The fraction of sp³-hybridized carbons (Fsp3) is 0.429. The molecule has 3 unspecified atom stereocenters. The number of carbonyl (C=O) groups is 4. The average Bonchev–Trinajstić information content (AvgIpc) is 3.74. The van der Waals surface area contributed by atoms with E-state index in [0.717, 1.165) is 12.1 Å². The summed E-state index contributed by atoms with van der Waals surface area (Å²) in [5.74, 6) is -3.52. The maximum absolute atomic E-state index is 14.2. The second-order valence-corrected chi connectivity index (χ2v) is 10.6. The molecule has 2 fully saturated rings. The number of alkyl halides is 3. The smallest absolute Gasteiger partial charge is 0.418 e. The van der Waals surface area contributed by atoms with Crippen molar-refractivity contribution in [2.75, 3.05) is 18.9 Å². The molecule has 2 aromatic carbocycles. The summed E-state index contributed by atoms with van der Waals surface area (Å²) in [6, 6.07) is 6.24. The van der Waals surface area contributed by atoms with E-state index in [9.17, 15) is 41.8 Å².